The van der Waals surface area contributed by atoms with Crippen molar-refractivity contribution in [2.75, 3.05) is 37.6 Å². The van der Waals surface area contributed by atoms with E-state index in [2.05, 4.69) is 36.0 Å². The lowest BCUT2D eigenvalue weighted by Gasteiger charge is -2.34. The monoisotopic (exact) mass is 362 g/mol. The third-order valence-corrected chi connectivity index (χ3v) is 3.96. The molecule has 0 radical (unpaired) electrons. The summed E-state index contributed by atoms with van der Waals surface area (Å²) in [5, 5.41) is 3.30. The molecule has 0 saturated carbocycles. The molecule has 132 valence electrons. The standard InChI is InChI=1S/C16H26N4O.2ClH/c1-4-9-19(5-2)15-7-6-14(12-18-15)16(21)20-10-8-17-11-13(20)3;;/h6-7,12-13,17H,4-5,8-11H2,1-3H3;2*1H/t13-;;/m0../s1. The molecule has 2 rings (SSSR count). The van der Waals surface area contributed by atoms with Crippen molar-refractivity contribution >= 4 is 36.5 Å². The number of hydrogen-bond acceptors (Lipinski definition) is 4. The van der Waals surface area contributed by atoms with Gasteiger partial charge in [-0.1, -0.05) is 6.92 Å². The topological polar surface area (TPSA) is 48.5 Å². The number of carbonyl (C=O) groups is 1. The molecule has 1 aliphatic heterocycles. The number of nitrogens with one attached hydrogen (secondary N) is 1. The zero-order chi connectivity index (χ0) is 15.2. The summed E-state index contributed by atoms with van der Waals surface area (Å²) in [6.45, 7) is 10.8. The lowest BCUT2D eigenvalue weighted by molar-refractivity contribution is 0.0655. The fraction of sp³-hybridized carbons (Fsp3) is 0.625. The van der Waals surface area contributed by atoms with E-state index < -0.39 is 0 Å². The fourth-order valence-electron chi connectivity index (χ4n) is 2.71. The van der Waals surface area contributed by atoms with E-state index in [9.17, 15) is 4.79 Å². The Bertz CT molecular complexity index is 470. The molecule has 23 heavy (non-hydrogen) atoms. The van der Waals surface area contributed by atoms with E-state index in [4.69, 9.17) is 0 Å². The van der Waals surface area contributed by atoms with Crippen LogP contribution in [0.15, 0.2) is 18.3 Å². The summed E-state index contributed by atoms with van der Waals surface area (Å²) in [5.74, 6) is 1.03. The second kappa shape index (κ2) is 10.7. The van der Waals surface area contributed by atoms with Crippen molar-refractivity contribution in [3.8, 4) is 0 Å². The lowest BCUT2D eigenvalue weighted by atomic mass is 10.1. The second-order valence-corrected chi connectivity index (χ2v) is 5.54. The normalized spacial score (nSPS) is 17.0. The van der Waals surface area contributed by atoms with Crippen molar-refractivity contribution in [2.45, 2.75) is 33.2 Å². The molecule has 2 heterocycles. The van der Waals surface area contributed by atoms with E-state index in [1.807, 2.05) is 17.0 Å². The van der Waals surface area contributed by atoms with Crippen molar-refractivity contribution in [3.05, 3.63) is 23.9 Å². The molecule has 5 nitrogen and oxygen atoms in total. The van der Waals surface area contributed by atoms with E-state index >= 15 is 0 Å². The number of piperazine rings is 1. The fourth-order valence-corrected chi connectivity index (χ4v) is 2.71. The number of amides is 1. The Labute approximate surface area is 151 Å². The van der Waals surface area contributed by atoms with Crippen LogP contribution in [0.25, 0.3) is 0 Å². The summed E-state index contributed by atoms with van der Waals surface area (Å²) in [4.78, 5) is 21.2. The van der Waals surface area contributed by atoms with Crippen molar-refractivity contribution in [1.29, 1.82) is 0 Å². The van der Waals surface area contributed by atoms with Gasteiger partial charge >= 0.3 is 0 Å². The molecule has 1 N–H and O–H groups in total. The van der Waals surface area contributed by atoms with E-state index in [1.165, 1.54) is 0 Å². The summed E-state index contributed by atoms with van der Waals surface area (Å²) < 4.78 is 0. The van der Waals surface area contributed by atoms with Crippen LogP contribution in [0, 0.1) is 0 Å². The van der Waals surface area contributed by atoms with Crippen LogP contribution in [-0.4, -0.2) is 54.6 Å². The quantitative estimate of drug-likeness (QED) is 0.874. The number of rotatable bonds is 5. The van der Waals surface area contributed by atoms with Crippen LogP contribution in [0.4, 0.5) is 5.82 Å². The molecule has 1 aliphatic rings. The number of carbonyl (C=O) groups excluding carboxylic acids is 1. The average molecular weight is 363 g/mol. The molecule has 1 aromatic heterocycles. The highest BCUT2D eigenvalue weighted by Crippen LogP contribution is 2.14. The molecule has 1 saturated heterocycles. The maximum Gasteiger partial charge on any atom is 0.255 e. The van der Waals surface area contributed by atoms with E-state index in [0.29, 0.717) is 5.56 Å². The van der Waals surface area contributed by atoms with Gasteiger partial charge in [0.25, 0.3) is 5.91 Å². The molecule has 1 fully saturated rings. The lowest BCUT2D eigenvalue weighted by Crippen LogP contribution is -2.52. The van der Waals surface area contributed by atoms with Gasteiger partial charge in [0.2, 0.25) is 0 Å². The Hall–Kier alpha value is -1.04. The molecule has 1 amide bonds. The average Bonchev–Trinajstić information content (AvgIpc) is 2.52. The van der Waals surface area contributed by atoms with Gasteiger partial charge in [0.05, 0.1) is 5.56 Å². The number of anilines is 1. The molecule has 0 aliphatic carbocycles. The SMILES string of the molecule is CCCN(CC)c1ccc(C(=O)N2CCNC[C@@H]2C)cn1.Cl.Cl. The Morgan fingerprint density at radius 3 is 2.65 bits per heavy atom. The molecule has 1 atom stereocenters. The van der Waals surface area contributed by atoms with Gasteiger partial charge in [-0.2, -0.15) is 0 Å². The minimum absolute atomic E-state index is 0. The molecule has 0 bridgehead atoms. The minimum atomic E-state index is 0. The van der Waals surface area contributed by atoms with Crippen LogP contribution < -0.4 is 10.2 Å². The summed E-state index contributed by atoms with van der Waals surface area (Å²) >= 11 is 0. The van der Waals surface area contributed by atoms with Crippen LogP contribution in [0.1, 0.15) is 37.6 Å². The van der Waals surface area contributed by atoms with E-state index in [-0.39, 0.29) is 36.8 Å². The minimum Gasteiger partial charge on any atom is -0.357 e. The first-order valence-corrected chi connectivity index (χ1v) is 7.90. The third-order valence-electron chi connectivity index (χ3n) is 3.96. The maximum absolute atomic E-state index is 12.5. The summed E-state index contributed by atoms with van der Waals surface area (Å²) in [6, 6.07) is 4.09. The molecule has 0 spiro atoms. The molecular formula is C16H28Cl2N4O. The molecule has 7 heteroatoms. The van der Waals surface area contributed by atoms with E-state index in [0.717, 1.165) is 45.0 Å². The first-order chi connectivity index (χ1) is 10.2. The van der Waals surface area contributed by atoms with Crippen molar-refractivity contribution < 1.29 is 4.79 Å². The van der Waals surface area contributed by atoms with Crippen LogP contribution in [0.3, 0.4) is 0 Å². The summed E-state index contributed by atoms with van der Waals surface area (Å²) in [5.41, 5.74) is 0.681. The van der Waals surface area contributed by atoms with Gasteiger partial charge in [-0.05, 0) is 32.4 Å². The predicted octanol–water partition coefficient (Wildman–Crippen LogP) is 2.60. The molecule has 0 unspecified atom stereocenters. The number of nitrogens with zero attached hydrogens (tertiary/aromatic N) is 3. The first-order valence-electron chi connectivity index (χ1n) is 7.90. The Morgan fingerprint density at radius 2 is 2.13 bits per heavy atom. The number of halogens is 2. The van der Waals surface area contributed by atoms with Gasteiger partial charge < -0.3 is 15.1 Å². The van der Waals surface area contributed by atoms with Crippen molar-refractivity contribution in [1.82, 2.24) is 15.2 Å². The molecule has 1 aromatic rings. The van der Waals surface area contributed by atoms with Crippen molar-refractivity contribution in [3.63, 3.8) is 0 Å². The highest BCUT2D eigenvalue weighted by atomic mass is 35.5. The zero-order valence-electron chi connectivity index (χ0n) is 14.1. The van der Waals surface area contributed by atoms with Crippen molar-refractivity contribution in [2.24, 2.45) is 0 Å². The molecule has 0 aromatic carbocycles. The van der Waals surface area contributed by atoms with Gasteiger partial charge in [0.1, 0.15) is 5.82 Å². The maximum atomic E-state index is 12.5. The van der Waals surface area contributed by atoms with Gasteiger partial charge in [-0.15, -0.1) is 24.8 Å². The second-order valence-electron chi connectivity index (χ2n) is 5.54. The number of hydrogen-bond donors (Lipinski definition) is 1. The summed E-state index contributed by atoms with van der Waals surface area (Å²) in [6.07, 6.45) is 2.80. The highest BCUT2D eigenvalue weighted by molar-refractivity contribution is 5.94. The smallest absolute Gasteiger partial charge is 0.255 e. The van der Waals surface area contributed by atoms with Gasteiger partial charge in [-0.3, -0.25) is 4.79 Å². The first kappa shape index (κ1) is 22.0. The third kappa shape index (κ3) is 5.52. The zero-order valence-corrected chi connectivity index (χ0v) is 15.8. The Balaban J connectivity index is 0.00000242. The van der Waals surface area contributed by atoms with Crippen LogP contribution in [-0.2, 0) is 0 Å². The Kier molecular flexibility index (Phi) is 10.2. The number of pyridine rings is 1. The highest BCUT2D eigenvalue weighted by Gasteiger charge is 2.24. The Morgan fingerprint density at radius 1 is 1.39 bits per heavy atom. The van der Waals surface area contributed by atoms with E-state index in [1.54, 1.807) is 6.20 Å². The largest absolute Gasteiger partial charge is 0.357 e. The van der Waals surface area contributed by atoms with Gasteiger partial charge in [0, 0.05) is 45.0 Å². The predicted molar refractivity (Wildman–Crippen MR) is 100 cm³/mol. The van der Waals surface area contributed by atoms with Crippen LogP contribution in [0.2, 0.25) is 0 Å². The molecular weight excluding hydrogens is 335 g/mol. The van der Waals surface area contributed by atoms with Crippen LogP contribution in [0.5, 0.6) is 0 Å². The summed E-state index contributed by atoms with van der Waals surface area (Å²) in [7, 11) is 0. The number of aromatic nitrogens is 1. The van der Waals surface area contributed by atoms with Gasteiger partial charge in [-0.25, -0.2) is 4.98 Å². The van der Waals surface area contributed by atoms with Gasteiger partial charge in [0.15, 0.2) is 0 Å². The van der Waals surface area contributed by atoms with Crippen LogP contribution >= 0.6 is 24.8 Å².